The van der Waals surface area contributed by atoms with E-state index in [4.69, 9.17) is 4.74 Å². The average Bonchev–Trinajstić information content (AvgIpc) is 2.47. The largest absolute Gasteiger partial charge is 0.494 e. The predicted molar refractivity (Wildman–Crippen MR) is 84.4 cm³/mol. The van der Waals surface area contributed by atoms with Crippen molar-refractivity contribution >= 4 is 0 Å². The number of halogens is 1. The summed E-state index contributed by atoms with van der Waals surface area (Å²) >= 11 is 0. The molecule has 0 saturated heterocycles. The maximum atomic E-state index is 14.0. The number of aryl methyl sites for hydroxylation is 2. The highest BCUT2D eigenvalue weighted by Crippen LogP contribution is 2.28. The zero-order chi connectivity index (χ0) is 15.4. The molecule has 1 atom stereocenters. The van der Waals surface area contributed by atoms with Gasteiger partial charge in [-0.2, -0.15) is 0 Å². The zero-order valence-electron chi connectivity index (χ0n) is 13.0. The van der Waals surface area contributed by atoms with E-state index >= 15 is 0 Å². The second-order valence-corrected chi connectivity index (χ2v) is 5.24. The summed E-state index contributed by atoms with van der Waals surface area (Å²) in [4.78, 5) is 0. The van der Waals surface area contributed by atoms with Gasteiger partial charge < -0.3 is 10.1 Å². The number of hydrogen-bond donors (Lipinski definition) is 1. The van der Waals surface area contributed by atoms with Crippen LogP contribution in [-0.2, 0) is 0 Å². The minimum Gasteiger partial charge on any atom is -0.494 e. The summed E-state index contributed by atoms with van der Waals surface area (Å²) in [6.07, 6.45) is 0. The lowest BCUT2D eigenvalue weighted by molar-refractivity contribution is 0.385. The maximum absolute atomic E-state index is 14.0. The molecule has 112 valence electrons. The van der Waals surface area contributed by atoms with Crippen molar-refractivity contribution in [3.05, 3.63) is 64.5 Å². The van der Waals surface area contributed by atoms with Crippen LogP contribution < -0.4 is 10.1 Å². The second kappa shape index (κ2) is 6.72. The Labute approximate surface area is 126 Å². The summed E-state index contributed by atoms with van der Waals surface area (Å²) in [6.45, 7) is 7.02. The van der Waals surface area contributed by atoms with Gasteiger partial charge in [0.15, 0.2) is 11.6 Å². The topological polar surface area (TPSA) is 21.3 Å². The van der Waals surface area contributed by atoms with E-state index in [-0.39, 0.29) is 17.6 Å². The van der Waals surface area contributed by atoms with Crippen LogP contribution in [0.3, 0.4) is 0 Å². The van der Waals surface area contributed by atoms with Gasteiger partial charge in [0.1, 0.15) is 0 Å². The van der Waals surface area contributed by atoms with E-state index in [0.717, 1.165) is 12.1 Å². The number of nitrogens with one attached hydrogen (secondary N) is 1. The van der Waals surface area contributed by atoms with Crippen molar-refractivity contribution in [2.24, 2.45) is 0 Å². The first-order valence-corrected chi connectivity index (χ1v) is 7.20. The van der Waals surface area contributed by atoms with E-state index < -0.39 is 0 Å². The minimum absolute atomic E-state index is 0.0182. The van der Waals surface area contributed by atoms with E-state index in [9.17, 15) is 4.39 Å². The predicted octanol–water partition coefficient (Wildman–Crippen LogP) is 4.15. The summed E-state index contributed by atoms with van der Waals surface area (Å²) in [5.41, 5.74) is 4.49. The fourth-order valence-electron chi connectivity index (χ4n) is 2.54. The highest BCUT2D eigenvalue weighted by Gasteiger charge is 2.17. The van der Waals surface area contributed by atoms with Gasteiger partial charge in [0, 0.05) is 0 Å². The quantitative estimate of drug-likeness (QED) is 0.892. The van der Waals surface area contributed by atoms with Crippen LogP contribution in [0.5, 0.6) is 5.75 Å². The third kappa shape index (κ3) is 3.42. The van der Waals surface area contributed by atoms with Crippen LogP contribution in [0.25, 0.3) is 0 Å². The Hall–Kier alpha value is -1.87. The molecular formula is C18H22FNO. The van der Waals surface area contributed by atoms with Crippen LogP contribution >= 0.6 is 0 Å². The lowest BCUT2D eigenvalue weighted by Gasteiger charge is -2.22. The normalized spacial score (nSPS) is 12.2. The third-order valence-corrected chi connectivity index (χ3v) is 3.66. The Kier molecular flexibility index (Phi) is 4.97. The van der Waals surface area contributed by atoms with Gasteiger partial charge in [-0.3, -0.25) is 0 Å². The third-order valence-electron chi connectivity index (χ3n) is 3.66. The summed E-state index contributed by atoms with van der Waals surface area (Å²) in [5, 5.41) is 3.44. The van der Waals surface area contributed by atoms with Gasteiger partial charge in [-0.15, -0.1) is 0 Å². The molecule has 0 spiro atoms. The molecule has 1 unspecified atom stereocenters. The minimum atomic E-state index is -0.330. The molecule has 2 nitrogen and oxygen atoms in total. The van der Waals surface area contributed by atoms with Crippen LogP contribution in [0.2, 0.25) is 0 Å². The molecule has 0 aliphatic rings. The number of hydrogen-bond acceptors (Lipinski definition) is 2. The van der Waals surface area contributed by atoms with E-state index in [1.54, 1.807) is 12.1 Å². The molecule has 3 heteroatoms. The van der Waals surface area contributed by atoms with Gasteiger partial charge >= 0.3 is 0 Å². The van der Waals surface area contributed by atoms with Gasteiger partial charge in [-0.05, 0) is 49.2 Å². The van der Waals surface area contributed by atoms with E-state index in [1.807, 2.05) is 6.07 Å². The number of methoxy groups -OCH3 is 1. The molecule has 0 bridgehead atoms. The van der Waals surface area contributed by atoms with Crippen molar-refractivity contribution in [3.8, 4) is 5.75 Å². The van der Waals surface area contributed by atoms with Crippen molar-refractivity contribution in [2.45, 2.75) is 26.8 Å². The van der Waals surface area contributed by atoms with Gasteiger partial charge in [0.25, 0.3) is 0 Å². The Morgan fingerprint density at radius 3 is 2.52 bits per heavy atom. The maximum Gasteiger partial charge on any atom is 0.165 e. The Morgan fingerprint density at radius 2 is 1.90 bits per heavy atom. The van der Waals surface area contributed by atoms with Crippen LogP contribution in [0.1, 0.15) is 35.2 Å². The Morgan fingerprint density at radius 1 is 1.14 bits per heavy atom. The summed E-state index contributed by atoms with van der Waals surface area (Å²) in [6, 6.07) is 11.5. The molecule has 2 aromatic carbocycles. The van der Waals surface area contributed by atoms with Crippen molar-refractivity contribution < 1.29 is 9.13 Å². The van der Waals surface area contributed by atoms with Gasteiger partial charge in [-0.25, -0.2) is 4.39 Å². The first-order chi connectivity index (χ1) is 10.1. The fourth-order valence-corrected chi connectivity index (χ4v) is 2.54. The van der Waals surface area contributed by atoms with Crippen molar-refractivity contribution in [1.29, 1.82) is 0 Å². The molecular weight excluding hydrogens is 265 g/mol. The summed E-state index contributed by atoms with van der Waals surface area (Å²) in [5.74, 6) is -0.0572. The smallest absolute Gasteiger partial charge is 0.165 e. The Balaban J connectivity index is 2.48. The van der Waals surface area contributed by atoms with Crippen LogP contribution in [-0.4, -0.2) is 13.7 Å². The van der Waals surface area contributed by atoms with Crippen molar-refractivity contribution in [3.63, 3.8) is 0 Å². The fraction of sp³-hybridized carbons (Fsp3) is 0.333. The van der Waals surface area contributed by atoms with Gasteiger partial charge in [-0.1, -0.05) is 36.8 Å². The van der Waals surface area contributed by atoms with Crippen molar-refractivity contribution in [1.82, 2.24) is 5.32 Å². The van der Waals surface area contributed by atoms with Gasteiger partial charge in [0.05, 0.1) is 13.2 Å². The molecule has 2 aromatic rings. The second-order valence-electron chi connectivity index (χ2n) is 5.24. The molecule has 0 radical (unpaired) electrons. The number of rotatable bonds is 5. The number of benzene rings is 2. The summed E-state index contributed by atoms with van der Waals surface area (Å²) < 4.78 is 19.0. The molecule has 2 rings (SSSR count). The van der Waals surface area contributed by atoms with Crippen LogP contribution in [0, 0.1) is 19.7 Å². The van der Waals surface area contributed by atoms with Crippen LogP contribution in [0.4, 0.5) is 4.39 Å². The van der Waals surface area contributed by atoms with Crippen LogP contribution in [0.15, 0.2) is 36.4 Å². The monoisotopic (exact) mass is 287 g/mol. The molecule has 0 fully saturated rings. The molecule has 0 amide bonds. The zero-order valence-corrected chi connectivity index (χ0v) is 13.0. The standard InChI is InChI=1S/C18H22FNO/c1-5-20-18(15-10-12(2)6-7-13(15)3)14-8-9-17(21-4)16(19)11-14/h6-11,18,20H,5H2,1-4H3. The molecule has 0 saturated carbocycles. The highest BCUT2D eigenvalue weighted by atomic mass is 19.1. The van der Waals surface area contributed by atoms with E-state index in [1.165, 1.54) is 23.8 Å². The molecule has 21 heavy (non-hydrogen) atoms. The first kappa shape index (κ1) is 15.5. The van der Waals surface area contributed by atoms with Crippen molar-refractivity contribution in [2.75, 3.05) is 13.7 Å². The lowest BCUT2D eigenvalue weighted by atomic mass is 9.93. The van der Waals surface area contributed by atoms with E-state index in [0.29, 0.717) is 0 Å². The lowest BCUT2D eigenvalue weighted by Crippen LogP contribution is -2.23. The molecule has 0 aliphatic heterocycles. The molecule has 0 heterocycles. The number of ether oxygens (including phenoxy) is 1. The first-order valence-electron chi connectivity index (χ1n) is 7.20. The van der Waals surface area contributed by atoms with E-state index in [2.05, 4.69) is 44.3 Å². The molecule has 0 aliphatic carbocycles. The summed E-state index contributed by atoms with van der Waals surface area (Å²) in [7, 11) is 1.48. The molecule has 1 N–H and O–H groups in total. The average molecular weight is 287 g/mol. The Bertz CT molecular complexity index is 625. The molecule has 0 aromatic heterocycles. The SMILES string of the molecule is CCNC(c1ccc(OC)c(F)c1)c1cc(C)ccc1C. The highest BCUT2D eigenvalue weighted by molar-refractivity contribution is 5.41. The van der Waals surface area contributed by atoms with Gasteiger partial charge in [0.2, 0.25) is 0 Å².